The molecule has 0 bridgehead atoms. The number of hydrogen-bond acceptors (Lipinski definition) is 2. The van der Waals surface area contributed by atoms with E-state index in [1.54, 1.807) is 12.1 Å². The maximum Gasteiger partial charge on any atom is 0.153 e. The molecule has 0 amide bonds. The highest BCUT2D eigenvalue weighted by molar-refractivity contribution is 5.45. The third kappa shape index (κ3) is 3.07. The number of rotatable bonds is 4. The summed E-state index contributed by atoms with van der Waals surface area (Å²) in [5.41, 5.74) is 3.09. The van der Waals surface area contributed by atoms with Gasteiger partial charge in [0.2, 0.25) is 0 Å². The molecule has 0 heterocycles. The molecule has 0 spiro atoms. The number of aliphatic hydroxyl groups is 1. The predicted octanol–water partition coefficient (Wildman–Crippen LogP) is 3.37. The second-order valence-corrected chi connectivity index (χ2v) is 4.53. The minimum Gasteiger partial charge on any atom is -0.371 e. The summed E-state index contributed by atoms with van der Waals surface area (Å²) in [5.74, 6) is 0. The number of benzene rings is 1. The Bertz CT molecular complexity index is 391. The molecule has 1 aliphatic rings. The van der Waals surface area contributed by atoms with E-state index in [1.807, 2.05) is 12.1 Å². The lowest BCUT2D eigenvalue weighted by Gasteiger charge is -2.17. The Morgan fingerprint density at radius 2 is 2.00 bits per heavy atom. The molecule has 17 heavy (non-hydrogen) atoms. The second kappa shape index (κ2) is 5.32. The van der Waals surface area contributed by atoms with E-state index < -0.39 is 6.23 Å². The lowest BCUT2D eigenvalue weighted by Crippen LogP contribution is -2.23. The smallest absolute Gasteiger partial charge is 0.153 e. The first-order chi connectivity index (χ1) is 8.16. The lowest BCUT2D eigenvalue weighted by atomic mass is 9.91. The SMILES string of the molecule is CC(O)N(F)c1ccc(CC=C2CCC2)cc1. The zero-order valence-electron chi connectivity index (χ0n) is 10.1. The summed E-state index contributed by atoms with van der Waals surface area (Å²) in [4.78, 5) is 0. The minimum atomic E-state index is -1.11. The van der Waals surface area contributed by atoms with Crippen LogP contribution in [0.15, 0.2) is 35.9 Å². The lowest BCUT2D eigenvalue weighted by molar-refractivity contribution is 0.134. The van der Waals surface area contributed by atoms with Crippen LogP contribution in [0.25, 0.3) is 0 Å². The molecule has 3 heteroatoms. The largest absolute Gasteiger partial charge is 0.371 e. The third-order valence-electron chi connectivity index (χ3n) is 3.13. The molecule has 1 atom stereocenters. The van der Waals surface area contributed by atoms with E-state index in [2.05, 4.69) is 6.08 Å². The van der Waals surface area contributed by atoms with Crippen molar-refractivity contribution in [1.29, 1.82) is 0 Å². The highest BCUT2D eigenvalue weighted by Gasteiger charge is 2.10. The average molecular weight is 235 g/mol. The molecule has 1 aliphatic carbocycles. The van der Waals surface area contributed by atoms with Gasteiger partial charge in [-0.05, 0) is 50.3 Å². The van der Waals surface area contributed by atoms with Crippen molar-refractivity contribution in [1.82, 2.24) is 0 Å². The van der Waals surface area contributed by atoms with Gasteiger partial charge >= 0.3 is 0 Å². The molecular weight excluding hydrogens is 217 g/mol. The Morgan fingerprint density at radius 1 is 1.35 bits per heavy atom. The van der Waals surface area contributed by atoms with Gasteiger partial charge < -0.3 is 5.11 Å². The quantitative estimate of drug-likeness (QED) is 0.491. The van der Waals surface area contributed by atoms with Crippen LogP contribution in [-0.4, -0.2) is 11.3 Å². The van der Waals surface area contributed by atoms with E-state index in [-0.39, 0.29) is 0 Å². The average Bonchev–Trinajstić information content (AvgIpc) is 2.27. The van der Waals surface area contributed by atoms with Gasteiger partial charge in [0, 0.05) is 0 Å². The minimum absolute atomic E-state index is 0.355. The van der Waals surface area contributed by atoms with E-state index in [9.17, 15) is 4.48 Å². The van der Waals surface area contributed by atoms with Crippen LogP contribution in [0.1, 0.15) is 31.7 Å². The Labute approximate surface area is 101 Å². The van der Waals surface area contributed by atoms with Crippen molar-refractivity contribution in [2.45, 2.75) is 38.8 Å². The Hall–Kier alpha value is -1.35. The first-order valence-corrected chi connectivity index (χ1v) is 6.07. The zero-order chi connectivity index (χ0) is 12.3. The standard InChI is InChI=1S/C14H18FNO/c1-11(17)16(15)14-9-7-13(8-10-14)6-5-12-3-2-4-12/h5,7-11,17H,2-4,6H2,1H3. The van der Waals surface area contributed by atoms with Crippen molar-refractivity contribution < 1.29 is 9.59 Å². The summed E-state index contributed by atoms with van der Waals surface area (Å²) >= 11 is 0. The molecular formula is C14H18FNO. The summed E-state index contributed by atoms with van der Waals surface area (Å²) in [5, 5.41) is 9.46. The Morgan fingerprint density at radius 3 is 2.47 bits per heavy atom. The number of aliphatic hydroxyl groups excluding tert-OH is 1. The molecule has 1 N–H and O–H groups in total. The number of allylic oxidation sites excluding steroid dienone is 2. The molecule has 2 nitrogen and oxygen atoms in total. The molecule has 0 aliphatic heterocycles. The van der Waals surface area contributed by atoms with Crippen LogP contribution < -0.4 is 5.12 Å². The van der Waals surface area contributed by atoms with Crippen molar-refractivity contribution in [2.75, 3.05) is 5.12 Å². The van der Waals surface area contributed by atoms with E-state index in [0.717, 1.165) is 6.42 Å². The first kappa shape index (κ1) is 12.1. The van der Waals surface area contributed by atoms with Gasteiger partial charge in [0.1, 0.15) is 0 Å². The van der Waals surface area contributed by atoms with Gasteiger partial charge in [-0.25, -0.2) is 0 Å². The van der Waals surface area contributed by atoms with Gasteiger partial charge in [-0.15, -0.1) is 0 Å². The van der Waals surface area contributed by atoms with Crippen LogP contribution in [-0.2, 0) is 6.42 Å². The van der Waals surface area contributed by atoms with Crippen molar-refractivity contribution in [3.05, 3.63) is 41.5 Å². The topological polar surface area (TPSA) is 23.5 Å². The molecule has 1 fully saturated rings. The van der Waals surface area contributed by atoms with E-state index in [1.165, 1.54) is 37.3 Å². The van der Waals surface area contributed by atoms with Crippen LogP contribution >= 0.6 is 0 Å². The van der Waals surface area contributed by atoms with E-state index in [4.69, 9.17) is 5.11 Å². The molecule has 0 radical (unpaired) electrons. The summed E-state index contributed by atoms with van der Waals surface area (Å²) in [6, 6.07) is 7.20. The van der Waals surface area contributed by atoms with Gasteiger partial charge in [-0.1, -0.05) is 28.3 Å². The van der Waals surface area contributed by atoms with Gasteiger partial charge in [0.15, 0.2) is 6.23 Å². The maximum atomic E-state index is 13.3. The summed E-state index contributed by atoms with van der Waals surface area (Å²) in [6.45, 7) is 1.40. The zero-order valence-corrected chi connectivity index (χ0v) is 10.1. The summed E-state index contributed by atoms with van der Waals surface area (Å²) in [6.07, 6.45) is 5.85. The second-order valence-electron chi connectivity index (χ2n) is 4.53. The van der Waals surface area contributed by atoms with Crippen molar-refractivity contribution >= 4 is 5.69 Å². The fourth-order valence-corrected chi connectivity index (χ4v) is 1.84. The van der Waals surface area contributed by atoms with E-state index in [0.29, 0.717) is 10.8 Å². The highest BCUT2D eigenvalue weighted by atomic mass is 19.2. The number of halogens is 1. The van der Waals surface area contributed by atoms with Crippen molar-refractivity contribution in [3.63, 3.8) is 0 Å². The van der Waals surface area contributed by atoms with Crippen LogP contribution in [0.3, 0.4) is 0 Å². The molecule has 1 saturated carbocycles. The number of hydrogen-bond donors (Lipinski definition) is 1. The Balaban J connectivity index is 1.97. The molecule has 1 unspecified atom stereocenters. The highest BCUT2D eigenvalue weighted by Crippen LogP contribution is 2.26. The monoisotopic (exact) mass is 235 g/mol. The van der Waals surface area contributed by atoms with Crippen molar-refractivity contribution in [2.24, 2.45) is 0 Å². The van der Waals surface area contributed by atoms with Crippen LogP contribution in [0.4, 0.5) is 10.2 Å². The maximum absolute atomic E-state index is 13.3. The normalized spacial score (nSPS) is 16.3. The third-order valence-corrected chi connectivity index (χ3v) is 3.13. The van der Waals surface area contributed by atoms with Crippen LogP contribution in [0.2, 0.25) is 0 Å². The molecule has 92 valence electrons. The number of nitrogens with zero attached hydrogens (tertiary/aromatic N) is 1. The first-order valence-electron chi connectivity index (χ1n) is 6.07. The van der Waals surface area contributed by atoms with Gasteiger partial charge in [0.05, 0.1) is 5.69 Å². The van der Waals surface area contributed by atoms with Crippen LogP contribution in [0, 0.1) is 0 Å². The van der Waals surface area contributed by atoms with Gasteiger partial charge in [-0.3, -0.25) is 0 Å². The summed E-state index contributed by atoms with van der Waals surface area (Å²) < 4.78 is 13.3. The van der Waals surface area contributed by atoms with Gasteiger partial charge in [0.25, 0.3) is 0 Å². The molecule has 1 aromatic carbocycles. The predicted molar refractivity (Wildman–Crippen MR) is 67.3 cm³/mol. The molecule has 0 aromatic heterocycles. The van der Waals surface area contributed by atoms with Gasteiger partial charge in [-0.2, -0.15) is 5.12 Å². The fourth-order valence-electron chi connectivity index (χ4n) is 1.84. The molecule has 0 saturated heterocycles. The fraction of sp³-hybridized carbons (Fsp3) is 0.429. The Kier molecular flexibility index (Phi) is 3.79. The number of anilines is 1. The molecule has 1 aromatic rings. The van der Waals surface area contributed by atoms with Crippen molar-refractivity contribution in [3.8, 4) is 0 Å². The van der Waals surface area contributed by atoms with Crippen LogP contribution in [0.5, 0.6) is 0 Å². The molecule has 2 rings (SSSR count). The van der Waals surface area contributed by atoms with E-state index >= 15 is 0 Å². The summed E-state index contributed by atoms with van der Waals surface area (Å²) in [7, 11) is 0.